The normalized spacial score (nSPS) is 22.0. The largest absolute Gasteiger partial charge is 0.376 e. The molecule has 0 aliphatic heterocycles. The minimum Gasteiger partial charge on any atom is -0.376 e. The van der Waals surface area contributed by atoms with E-state index in [0.717, 1.165) is 0 Å². The molecule has 1 unspecified atom stereocenters. The second-order valence-electron chi connectivity index (χ2n) is 4.49. The van der Waals surface area contributed by atoms with Gasteiger partial charge in [-0.25, -0.2) is 0 Å². The molecule has 1 atom stereocenters. The van der Waals surface area contributed by atoms with Gasteiger partial charge >= 0.3 is 0 Å². The van der Waals surface area contributed by atoms with Gasteiger partial charge in [-0.2, -0.15) is 0 Å². The molecule has 0 amide bonds. The second kappa shape index (κ2) is 4.94. The summed E-state index contributed by atoms with van der Waals surface area (Å²) in [6, 6.07) is 0.361. The Labute approximate surface area is 87.7 Å². The van der Waals surface area contributed by atoms with Crippen molar-refractivity contribution in [3.05, 3.63) is 11.6 Å². The summed E-state index contributed by atoms with van der Waals surface area (Å²) < 4.78 is 5.75. The first-order valence-electron chi connectivity index (χ1n) is 5.52. The molecule has 2 nitrogen and oxygen atoms in total. The molecule has 2 heteroatoms. The van der Waals surface area contributed by atoms with Crippen molar-refractivity contribution >= 4 is 0 Å². The van der Waals surface area contributed by atoms with Gasteiger partial charge in [-0.15, -0.1) is 0 Å². The molecule has 14 heavy (non-hydrogen) atoms. The Morgan fingerprint density at radius 1 is 1.36 bits per heavy atom. The molecule has 1 fully saturated rings. The summed E-state index contributed by atoms with van der Waals surface area (Å²) in [5.41, 5.74) is 1.40. The number of allylic oxidation sites excluding steroid dienone is 1. The predicted molar refractivity (Wildman–Crippen MR) is 60.5 cm³/mol. The lowest BCUT2D eigenvalue weighted by Crippen LogP contribution is -2.48. The van der Waals surface area contributed by atoms with E-state index in [1.54, 1.807) is 0 Å². The van der Waals surface area contributed by atoms with Crippen LogP contribution in [0.1, 0.15) is 39.5 Å². The summed E-state index contributed by atoms with van der Waals surface area (Å²) in [6.45, 7) is 4.28. The highest BCUT2D eigenvalue weighted by atomic mass is 16.5. The van der Waals surface area contributed by atoms with Crippen LogP contribution >= 0.6 is 0 Å². The minimum absolute atomic E-state index is 0.0476. The Kier molecular flexibility index (Phi) is 4.14. The van der Waals surface area contributed by atoms with E-state index in [-0.39, 0.29) is 5.60 Å². The molecule has 0 radical (unpaired) electrons. The highest BCUT2D eigenvalue weighted by Crippen LogP contribution is 2.36. The zero-order chi connectivity index (χ0) is 10.6. The molecular weight excluding hydrogens is 174 g/mol. The fraction of sp³-hybridized carbons (Fsp3) is 0.833. The number of ether oxygens (including phenoxy) is 1. The Bertz CT molecular complexity index is 200. The van der Waals surface area contributed by atoms with E-state index < -0.39 is 0 Å². The smallest absolute Gasteiger partial charge is 0.0866 e. The summed E-state index contributed by atoms with van der Waals surface area (Å²) in [5.74, 6) is 0. The maximum atomic E-state index is 5.75. The molecule has 0 aromatic carbocycles. The molecule has 82 valence electrons. The van der Waals surface area contributed by atoms with Gasteiger partial charge in [-0.1, -0.05) is 24.5 Å². The van der Waals surface area contributed by atoms with Gasteiger partial charge in [-0.05, 0) is 33.7 Å². The zero-order valence-corrected chi connectivity index (χ0v) is 9.89. The first-order valence-corrected chi connectivity index (χ1v) is 5.52. The minimum atomic E-state index is 0.0476. The van der Waals surface area contributed by atoms with E-state index in [0.29, 0.717) is 6.04 Å². The van der Waals surface area contributed by atoms with Crippen molar-refractivity contribution in [3.63, 3.8) is 0 Å². The number of nitrogens with one attached hydrogen (secondary N) is 1. The SMILES string of the molecule is CNC(C=C(C)C)C1(OC)CCCC1. The van der Waals surface area contributed by atoms with E-state index in [9.17, 15) is 0 Å². The van der Waals surface area contributed by atoms with E-state index in [4.69, 9.17) is 4.74 Å². The van der Waals surface area contributed by atoms with Crippen LogP contribution in [0, 0.1) is 0 Å². The Morgan fingerprint density at radius 3 is 2.29 bits per heavy atom. The van der Waals surface area contributed by atoms with Crippen molar-refractivity contribution in [2.75, 3.05) is 14.2 Å². The van der Waals surface area contributed by atoms with E-state index in [1.165, 1.54) is 31.3 Å². The monoisotopic (exact) mass is 197 g/mol. The van der Waals surface area contributed by atoms with Crippen LogP contribution < -0.4 is 5.32 Å². The molecule has 1 rings (SSSR count). The summed E-state index contributed by atoms with van der Waals surface area (Å²) >= 11 is 0. The van der Waals surface area contributed by atoms with Gasteiger partial charge < -0.3 is 10.1 Å². The fourth-order valence-corrected chi connectivity index (χ4v) is 2.45. The second-order valence-corrected chi connectivity index (χ2v) is 4.49. The average molecular weight is 197 g/mol. The topological polar surface area (TPSA) is 21.3 Å². The van der Waals surface area contributed by atoms with E-state index >= 15 is 0 Å². The fourth-order valence-electron chi connectivity index (χ4n) is 2.45. The van der Waals surface area contributed by atoms with Crippen molar-refractivity contribution in [2.45, 2.75) is 51.2 Å². The lowest BCUT2D eigenvalue weighted by Gasteiger charge is -2.34. The summed E-state index contributed by atoms with van der Waals surface area (Å²) in [7, 11) is 3.86. The van der Waals surface area contributed by atoms with E-state index in [1.807, 2.05) is 14.2 Å². The van der Waals surface area contributed by atoms with Crippen LogP contribution in [0.15, 0.2) is 11.6 Å². The first kappa shape index (κ1) is 11.7. The third-order valence-corrected chi connectivity index (χ3v) is 3.23. The highest BCUT2D eigenvalue weighted by Gasteiger charge is 2.39. The van der Waals surface area contributed by atoms with Gasteiger partial charge in [0.25, 0.3) is 0 Å². The lowest BCUT2D eigenvalue weighted by atomic mass is 9.90. The Balaban J connectivity index is 2.79. The summed E-state index contributed by atoms with van der Waals surface area (Å²) in [4.78, 5) is 0. The van der Waals surface area contributed by atoms with Crippen molar-refractivity contribution < 1.29 is 4.74 Å². The van der Waals surface area contributed by atoms with Crippen LogP contribution in [-0.4, -0.2) is 25.8 Å². The van der Waals surface area contributed by atoms with Crippen LogP contribution in [0.3, 0.4) is 0 Å². The average Bonchev–Trinajstić information content (AvgIpc) is 2.63. The maximum Gasteiger partial charge on any atom is 0.0866 e. The standard InChI is InChI=1S/C12H23NO/c1-10(2)9-11(13-3)12(14-4)7-5-6-8-12/h9,11,13H,5-8H2,1-4H3. The maximum absolute atomic E-state index is 5.75. The number of methoxy groups -OCH3 is 1. The van der Waals surface area contributed by atoms with Crippen LogP contribution in [0.2, 0.25) is 0 Å². The third-order valence-electron chi connectivity index (χ3n) is 3.23. The molecule has 1 N–H and O–H groups in total. The van der Waals surface area contributed by atoms with Crippen LogP contribution in [0.4, 0.5) is 0 Å². The van der Waals surface area contributed by atoms with Gasteiger partial charge in [0.2, 0.25) is 0 Å². The highest BCUT2D eigenvalue weighted by molar-refractivity contribution is 5.10. The van der Waals surface area contributed by atoms with Gasteiger partial charge in [-0.3, -0.25) is 0 Å². The first-order chi connectivity index (χ1) is 6.64. The Hall–Kier alpha value is -0.340. The third kappa shape index (κ3) is 2.37. The Morgan fingerprint density at radius 2 is 1.93 bits per heavy atom. The molecule has 0 aromatic heterocycles. The molecule has 0 saturated heterocycles. The van der Waals surface area contributed by atoms with Gasteiger partial charge in [0.1, 0.15) is 0 Å². The summed E-state index contributed by atoms with van der Waals surface area (Å²) in [6.07, 6.45) is 7.23. The molecule has 1 aliphatic rings. The predicted octanol–water partition coefficient (Wildman–Crippen LogP) is 2.50. The van der Waals surface area contributed by atoms with Crippen molar-refractivity contribution in [3.8, 4) is 0 Å². The van der Waals surface area contributed by atoms with Crippen LogP contribution in [-0.2, 0) is 4.74 Å². The molecule has 0 bridgehead atoms. The van der Waals surface area contributed by atoms with Crippen LogP contribution in [0.25, 0.3) is 0 Å². The number of hydrogen-bond acceptors (Lipinski definition) is 2. The zero-order valence-electron chi connectivity index (χ0n) is 9.89. The molecule has 0 heterocycles. The summed E-state index contributed by atoms with van der Waals surface area (Å²) in [5, 5.41) is 3.37. The molecule has 0 aromatic rings. The molecular formula is C12H23NO. The van der Waals surface area contributed by atoms with Crippen molar-refractivity contribution in [1.82, 2.24) is 5.32 Å². The van der Waals surface area contributed by atoms with Gasteiger partial charge in [0, 0.05) is 7.11 Å². The van der Waals surface area contributed by atoms with Gasteiger partial charge in [0.15, 0.2) is 0 Å². The molecule has 1 saturated carbocycles. The lowest BCUT2D eigenvalue weighted by molar-refractivity contribution is -0.0215. The number of hydrogen-bond donors (Lipinski definition) is 1. The van der Waals surface area contributed by atoms with E-state index in [2.05, 4.69) is 25.2 Å². The molecule has 1 aliphatic carbocycles. The van der Waals surface area contributed by atoms with Crippen LogP contribution in [0.5, 0.6) is 0 Å². The quantitative estimate of drug-likeness (QED) is 0.699. The van der Waals surface area contributed by atoms with Gasteiger partial charge in [0.05, 0.1) is 11.6 Å². The van der Waals surface area contributed by atoms with Crippen molar-refractivity contribution in [1.29, 1.82) is 0 Å². The van der Waals surface area contributed by atoms with Crippen molar-refractivity contribution in [2.24, 2.45) is 0 Å². The number of rotatable bonds is 4. The number of likely N-dealkylation sites (N-methyl/N-ethyl adjacent to an activating group) is 1. The molecule has 0 spiro atoms.